The quantitative estimate of drug-likeness (QED) is 0.400. The van der Waals surface area contributed by atoms with Crippen molar-refractivity contribution in [2.45, 2.75) is 26.8 Å². The monoisotopic (exact) mass is 419 g/mol. The van der Waals surface area contributed by atoms with Gasteiger partial charge in [-0.15, -0.1) is 15.3 Å². The first kappa shape index (κ1) is 20.2. The van der Waals surface area contributed by atoms with E-state index in [-0.39, 0.29) is 18.3 Å². The van der Waals surface area contributed by atoms with Gasteiger partial charge in [-0.1, -0.05) is 37.3 Å². The van der Waals surface area contributed by atoms with Crippen LogP contribution in [0.1, 0.15) is 30.6 Å². The number of carbonyl (C=O) groups excluding carboxylic acids is 1. The Kier molecular flexibility index (Phi) is 5.97. The lowest BCUT2D eigenvalue weighted by molar-refractivity contribution is -0.126. The summed E-state index contributed by atoms with van der Waals surface area (Å²) in [6, 6.07) is 13.0. The molecule has 0 saturated carbocycles. The molecular weight excluding hydrogens is 398 g/mol. The zero-order chi connectivity index (χ0) is 21.6. The SMILES string of the molecule is CCCN(Cc1nnc(-c2ccco2)o1)C(=O)C(=Cc1ccccc1)n1nnnc1C. The molecule has 0 saturated heterocycles. The van der Waals surface area contributed by atoms with E-state index in [1.165, 1.54) is 10.9 Å². The molecule has 0 fully saturated rings. The van der Waals surface area contributed by atoms with Gasteiger partial charge in [-0.3, -0.25) is 4.79 Å². The van der Waals surface area contributed by atoms with Crippen molar-refractivity contribution in [1.82, 2.24) is 35.3 Å². The van der Waals surface area contributed by atoms with E-state index in [9.17, 15) is 4.79 Å². The lowest BCUT2D eigenvalue weighted by Gasteiger charge is -2.22. The van der Waals surface area contributed by atoms with Crippen molar-refractivity contribution in [2.24, 2.45) is 0 Å². The number of hydrogen-bond donors (Lipinski definition) is 0. The van der Waals surface area contributed by atoms with Crippen LogP contribution in [0.15, 0.2) is 57.6 Å². The minimum atomic E-state index is -0.251. The van der Waals surface area contributed by atoms with Crippen molar-refractivity contribution in [3.63, 3.8) is 0 Å². The van der Waals surface area contributed by atoms with E-state index < -0.39 is 0 Å². The lowest BCUT2D eigenvalue weighted by atomic mass is 10.2. The second-order valence-electron chi connectivity index (χ2n) is 6.78. The first-order valence-corrected chi connectivity index (χ1v) is 9.83. The van der Waals surface area contributed by atoms with Gasteiger partial charge >= 0.3 is 0 Å². The maximum atomic E-state index is 13.6. The van der Waals surface area contributed by atoms with Crippen LogP contribution in [-0.4, -0.2) is 47.8 Å². The molecule has 4 aromatic rings. The Morgan fingerprint density at radius 3 is 2.65 bits per heavy atom. The Morgan fingerprint density at radius 2 is 1.97 bits per heavy atom. The molecule has 0 N–H and O–H groups in total. The van der Waals surface area contributed by atoms with Gasteiger partial charge in [0.25, 0.3) is 11.8 Å². The molecule has 0 unspecified atom stereocenters. The summed E-state index contributed by atoms with van der Waals surface area (Å²) in [6.45, 7) is 4.37. The van der Waals surface area contributed by atoms with Crippen molar-refractivity contribution >= 4 is 17.7 Å². The number of tetrazole rings is 1. The van der Waals surface area contributed by atoms with Crippen LogP contribution in [0.4, 0.5) is 0 Å². The summed E-state index contributed by atoms with van der Waals surface area (Å²) in [5.74, 6) is 1.30. The molecule has 3 heterocycles. The van der Waals surface area contributed by atoms with Crippen molar-refractivity contribution in [3.05, 3.63) is 66.0 Å². The first-order valence-electron chi connectivity index (χ1n) is 9.83. The van der Waals surface area contributed by atoms with Gasteiger partial charge in [-0.05, 0) is 47.5 Å². The normalized spacial score (nSPS) is 11.6. The summed E-state index contributed by atoms with van der Waals surface area (Å²) in [5, 5.41) is 19.7. The van der Waals surface area contributed by atoms with E-state index in [1.54, 1.807) is 30.0 Å². The fraction of sp³-hybridized carbons (Fsp3) is 0.238. The Balaban J connectivity index is 1.64. The number of rotatable bonds is 8. The largest absolute Gasteiger partial charge is 0.459 e. The highest BCUT2D eigenvalue weighted by Crippen LogP contribution is 2.20. The number of carbonyl (C=O) groups is 1. The van der Waals surface area contributed by atoms with Gasteiger partial charge in [0.15, 0.2) is 11.6 Å². The standard InChI is InChI=1S/C21H21N7O3/c1-3-11-27(14-19-23-24-20(31-19)18-10-7-12-30-18)21(29)17(28-15(2)22-25-26-28)13-16-8-5-4-6-9-16/h4-10,12-13H,3,11,14H2,1-2H3. The summed E-state index contributed by atoms with van der Waals surface area (Å²) in [7, 11) is 0. The summed E-state index contributed by atoms with van der Waals surface area (Å²) >= 11 is 0. The van der Waals surface area contributed by atoms with Gasteiger partial charge < -0.3 is 13.7 Å². The topological polar surface area (TPSA) is 116 Å². The second-order valence-corrected chi connectivity index (χ2v) is 6.78. The number of furan rings is 1. The molecule has 0 aliphatic heterocycles. The maximum Gasteiger partial charge on any atom is 0.283 e. The van der Waals surface area contributed by atoms with Crippen LogP contribution >= 0.6 is 0 Å². The van der Waals surface area contributed by atoms with Crippen LogP contribution in [0.25, 0.3) is 23.4 Å². The van der Waals surface area contributed by atoms with Gasteiger partial charge in [-0.25, -0.2) is 0 Å². The molecule has 10 nitrogen and oxygen atoms in total. The molecule has 4 rings (SSSR count). The van der Waals surface area contributed by atoms with E-state index in [4.69, 9.17) is 8.83 Å². The van der Waals surface area contributed by atoms with Crippen LogP contribution in [0, 0.1) is 6.92 Å². The highest BCUT2D eigenvalue weighted by Gasteiger charge is 2.24. The lowest BCUT2D eigenvalue weighted by Crippen LogP contribution is -2.34. The average Bonchev–Trinajstić information content (AvgIpc) is 3.54. The van der Waals surface area contributed by atoms with Crippen LogP contribution < -0.4 is 0 Å². The molecule has 0 aliphatic rings. The average molecular weight is 419 g/mol. The molecule has 31 heavy (non-hydrogen) atoms. The Morgan fingerprint density at radius 1 is 1.13 bits per heavy atom. The van der Waals surface area contributed by atoms with Gasteiger partial charge in [0.1, 0.15) is 5.70 Å². The predicted molar refractivity (Wildman–Crippen MR) is 111 cm³/mol. The van der Waals surface area contributed by atoms with E-state index in [2.05, 4.69) is 25.7 Å². The van der Waals surface area contributed by atoms with Crippen LogP contribution in [0.5, 0.6) is 0 Å². The Bertz CT molecular complexity index is 1160. The van der Waals surface area contributed by atoms with E-state index in [0.29, 0.717) is 29.7 Å². The highest BCUT2D eigenvalue weighted by atomic mass is 16.4. The molecular formula is C21H21N7O3. The Labute approximate surface area is 178 Å². The highest BCUT2D eigenvalue weighted by molar-refractivity contribution is 6.18. The molecule has 0 atom stereocenters. The van der Waals surface area contributed by atoms with Crippen LogP contribution in [0.3, 0.4) is 0 Å². The number of aryl methyl sites for hydroxylation is 1. The molecule has 0 spiro atoms. The van der Waals surface area contributed by atoms with E-state index in [1.807, 2.05) is 37.3 Å². The molecule has 158 valence electrons. The van der Waals surface area contributed by atoms with Crippen molar-refractivity contribution in [2.75, 3.05) is 6.54 Å². The van der Waals surface area contributed by atoms with Gasteiger partial charge in [0.2, 0.25) is 5.89 Å². The molecule has 3 aromatic heterocycles. The van der Waals surface area contributed by atoms with Gasteiger partial charge in [0, 0.05) is 6.54 Å². The van der Waals surface area contributed by atoms with Crippen molar-refractivity contribution < 1.29 is 13.6 Å². The zero-order valence-corrected chi connectivity index (χ0v) is 17.2. The van der Waals surface area contributed by atoms with Crippen LogP contribution in [0.2, 0.25) is 0 Å². The third-order valence-electron chi connectivity index (χ3n) is 4.48. The summed E-state index contributed by atoms with van der Waals surface area (Å²) in [6.07, 6.45) is 4.04. The van der Waals surface area contributed by atoms with Gasteiger partial charge in [-0.2, -0.15) is 4.68 Å². The number of benzene rings is 1. The smallest absolute Gasteiger partial charge is 0.283 e. The number of nitrogens with zero attached hydrogens (tertiary/aromatic N) is 7. The minimum Gasteiger partial charge on any atom is -0.459 e. The molecule has 0 radical (unpaired) electrons. The summed E-state index contributed by atoms with van der Waals surface area (Å²) < 4.78 is 12.4. The first-order chi connectivity index (χ1) is 15.2. The van der Waals surface area contributed by atoms with E-state index in [0.717, 1.165) is 12.0 Å². The number of amides is 1. The molecule has 0 aliphatic carbocycles. The summed E-state index contributed by atoms with van der Waals surface area (Å²) in [5.41, 5.74) is 1.18. The third kappa shape index (κ3) is 4.58. The fourth-order valence-electron chi connectivity index (χ4n) is 3.04. The molecule has 1 amide bonds. The molecule has 1 aromatic carbocycles. The predicted octanol–water partition coefficient (Wildman–Crippen LogP) is 3.06. The molecule has 0 bridgehead atoms. The fourth-order valence-corrected chi connectivity index (χ4v) is 3.04. The minimum absolute atomic E-state index is 0.147. The third-order valence-corrected chi connectivity index (χ3v) is 4.48. The number of hydrogen-bond acceptors (Lipinski definition) is 8. The molecule has 10 heteroatoms. The maximum absolute atomic E-state index is 13.6. The van der Waals surface area contributed by atoms with Crippen molar-refractivity contribution in [3.8, 4) is 11.7 Å². The van der Waals surface area contributed by atoms with E-state index >= 15 is 0 Å². The summed E-state index contributed by atoms with van der Waals surface area (Å²) in [4.78, 5) is 15.2. The second kappa shape index (κ2) is 9.16. The van der Waals surface area contributed by atoms with Crippen LogP contribution in [-0.2, 0) is 11.3 Å². The zero-order valence-electron chi connectivity index (χ0n) is 17.2. The van der Waals surface area contributed by atoms with Crippen molar-refractivity contribution in [1.29, 1.82) is 0 Å². The van der Waals surface area contributed by atoms with Gasteiger partial charge in [0.05, 0.1) is 12.8 Å². The Hall–Kier alpha value is -4.08. The number of aromatic nitrogens is 6.